The Morgan fingerprint density at radius 3 is 3.00 bits per heavy atom. The van der Waals surface area contributed by atoms with Crippen LogP contribution in [0, 0.1) is 6.92 Å². The van der Waals surface area contributed by atoms with Crippen molar-refractivity contribution in [1.82, 2.24) is 14.8 Å². The molecule has 0 amide bonds. The summed E-state index contributed by atoms with van der Waals surface area (Å²) in [7, 11) is 1.88. The number of anilines is 1. The molecule has 0 unspecified atom stereocenters. The molecule has 0 aliphatic carbocycles. The number of aromatic nitrogens is 3. The minimum absolute atomic E-state index is 0.748. The van der Waals surface area contributed by atoms with Gasteiger partial charge in [0.2, 0.25) is 0 Å². The van der Waals surface area contributed by atoms with Gasteiger partial charge in [-0.3, -0.25) is 4.68 Å². The van der Waals surface area contributed by atoms with Gasteiger partial charge in [-0.05, 0) is 18.6 Å². The number of aryl methyl sites for hydroxylation is 1. The lowest BCUT2D eigenvalue weighted by Gasteiger charge is -2.07. The Morgan fingerprint density at radius 2 is 2.33 bits per heavy atom. The summed E-state index contributed by atoms with van der Waals surface area (Å²) in [6, 6.07) is 3.99. The van der Waals surface area contributed by atoms with Crippen LogP contribution in [0.2, 0.25) is 0 Å². The third-order valence-corrected chi connectivity index (χ3v) is 2.22. The number of hydrogen-bond donors (Lipinski definition) is 1. The zero-order chi connectivity index (χ0) is 10.7. The first-order valence-electron chi connectivity index (χ1n) is 4.90. The van der Waals surface area contributed by atoms with E-state index in [0.717, 1.165) is 17.9 Å². The molecule has 2 aromatic heterocycles. The van der Waals surface area contributed by atoms with E-state index in [1.54, 1.807) is 6.20 Å². The topological polar surface area (TPSA) is 42.7 Å². The summed E-state index contributed by atoms with van der Waals surface area (Å²) in [6.07, 6.45) is 5.66. The smallest absolute Gasteiger partial charge is 0.130 e. The van der Waals surface area contributed by atoms with Gasteiger partial charge in [0.1, 0.15) is 5.82 Å². The Morgan fingerprint density at radius 1 is 1.47 bits per heavy atom. The molecule has 0 aliphatic rings. The van der Waals surface area contributed by atoms with Crippen LogP contribution in [0.15, 0.2) is 30.7 Å². The molecule has 0 aliphatic heterocycles. The van der Waals surface area contributed by atoms with Crippen LogP contribution in [-0.4, -0.2) is 21.8 Å². The minimum atomic E-state index is 0.748. The van der Waals surface area contributed by atoms with E-state index < -0.39 is 0 Å². The average molecular weight is 202 g/mol. The number of hydrogen-bond acceptors (Lipinski definition) is 3. The molecule has 15 heavy (non-hydrogen) atoms. The van der Waals surface area contributed by atoms with E-state index in [1.807, 2.05) is 37.1 Å². The average Bonchev–Trinajstić information content (AvgIpc) is 2.65. The predicted octanol–water partition coefficient (Wildman–Crippen LogP) is 1.68. The maximum Gasteiger partial charge on any atom is 0.130 e. The Bertz CT molecular complexity index is 447. The second kappa shape index (κ2) is 4.13. The second-order valence-corrected chi connectivity index (χ2v) is 3.48. The van der Waals surface area contributed by atoms with Crippen molar-refractivity contribution in [1.29, 1.82) is 0 Å². The number of pyridine rings is 1. The molecular weight excluding hydrogens is 188 g/mol. The summed E-state index contributed by atoms with van der Waals surface area (Å²) in [4.78, 5) is 4.25. The highest BCUT2D eigenvalue weighted by atomic mass is 15.3. The lowest BCUT2D eigenvalue weighted by atomic mass is 10.2. The molecule has 0 fully saturated rings. The van der Waals surface area contributed by atoms with Crippen LogP contribution in [0.3, 0.4) is 0 Å². The largest absolute Gasteiger partial charge is 0.373 e. The van der Waals surface area contributed by atoms with E-state index in [2.05, 4.69) is 21.5 Å². The molecule has 4 nitrogen and oxygen atoms in total. The van der Waals surface area contributed by atoms with Crippen molar-refractivity contribution in [2.75, 3.05) is 12.4 Å². The van der Waals surface area contributed by atoms with Crippen molar-refractivity contribution in [3.8, 4) is 0 Å². The first-order chi connectivity index (χ1) is 7.29. The van der Waals surface area contributed by atoms with Gasteiger partial charge in [-0.1, -0.05) is 6.07 Å². The van der Waals surface area contributed by atoms with Crippen molar-refractivity contribution in [2.24, 2.45) is 0 Å². The van der Waals surface area contributed by atoms with Gasteiger partial charge in [-0.15, -0.1) is 0 Å². The SMILES string of the molecule is CNc1ncccc1Cn1cc(C)cn1. The van der Waals surface area contributed by atoms with E-state index >= 15 is 0 Å². The van der Waals surface area contributed by atoms with Gasteiger partial charge in [-0.2, -0.15) is 5.10 Å². The first kappa shape index (κ1) is 9.71. The summed E-state index contributed by atoms with van der Waals surface area (Å²) in [5.74, 6) is 0.908. The number of rotatable bonds is 3. The summed E-state index contributed by atoms with van der Waals surface area (Å²) in [5.41, 5.74) is 2.31. The fraction of sp³-hybridized carbons (Fsp3) is 0.273. The van der Waals surface area contributed by atoms with Gasteiger partial charge in [0.15, 0.2) is 0 Å². The maximum atomic E-state index is 4.25. The van der Waals surface area contributed by atoms with Gasteiger partial charge in [0, 0.05) is 25.0 Å². The quantitative estimate of drug-likeness (QED) is 0.823. The van der Waals surface area contributed by atoms with Crippen LogP contribution in [0.25, 0.3) is 0 Å². The first-order valence-corrected chi connectivity index (χ1v) is 4.90. The molecule has 2 aromatic rings. The molecule has 2 heterocycles. The molecule has 4 heteroatoms. The van der Waals surface area contributed by atoms with Crippen LogP contribution in [-0.2, 0) is 6.54 Å². The Balaban J connectivity index is 2.23. The van der Waals surface area contributed by atoms with Gasteiger partial charge in [0.05, 0.1) is 12.7 Å². The molecule has 1 N–H and O–H groups in total. The molecule has 0 aromatic carbocycles. The van der Waals surface area contributed by atoms with Crippen LogP contribution in [0.1, 0.15) is 11.1 Å². The van der Waals surface area contributed by atoms with Crippen molar-refractivity contribution in [3.05, 3.63) is 41.9 Å². The summed E-state index contributed by atoms with van der Waals surface area (Å²) in [6.45, 7) is 2.78. The molecule has 2 rings (SSSR count). The van der Waals surface area contributed by atoms with Gasteiger partial charge >= 0.3 is 0 Å². The van der Waals surface area contributed by atoms with Crippen LogP contribution < -0.4 is 5.32 Å². The van der Waals surface area contributed by atoms with E-state index in [1.165, 1.54) is 5.56 Å². The van der Waals surface area contributed by atoms with Crippen molar-refractivity contribution in [3.63, 3.8) is 0 Å². The Kier molecular flexibility index (Phi) is 2.67. The molecule has 0 spiro atoms. The number of nitrogens with one attached hydrogen (secondary N) is 1. The molecular formula is C11H14N4. The van der Waals surface area contributed by atoms with E-state index in [0.29, 0.717) is 0 Å². The molecule has 0 radical (unpaired) electrons. The summed E-state index contributed by atoms with van der Waals surface area (Å²) < 4.78 is 1.91. The highest BCUT2D eigenvalue weighted by Gasteiger charge is 2.02. The van der Waals surface area contributed by atoms with Gasteiger partial charge < -0.3 is 5.32 Å². The van der Waals surface area contributed by atoms with E-state index in [4.69, 9.17) is 0 Å². The maximum absolute atomic E-state index is 4.25. The van der Waals surface area contributed by atoms with E-state index in [-0.39, 0.29) is 0 Å². The lowest BCUT2D eigenvalue weighted by molar-refractivity contribution is 0.685. The monoisotopic (exact) mass is 202 g/mol. The molecule has 78 valence electrons. The molecule has 0 atom stereocenters. The van der Waals surface area contributed by atoms with Gasteiger partial charge in [0.25, 0.3) is 0 Å². The fourth-order valence-electron chi connectivity index (χ4n) is 1.52. The standard InChI is InChI=1S/C11H14N4/c1-9-6-14-15(7-9)8-10-4-3-5-13-11(10)12-2/h3-7H,8H2,1-2H3,(H,12,13). The normalized spacial score (nSPS) is 10.3. The van der Waals surface area contributed by atoms with Crippen molar-refractivity contribution >= 4 is 5.82 Å². The third-order valence-electron chi connectivity index (χ3n) is 2.22. The van der Waals surface area contributed by atoms with Crippen molar-refractivity contribution < 1.29 is 0 Å². The minimum Gasteiger partial charge on any atom is -0.373 e. The molecule has 0 saturated carbocycles. The predicted molar refractivity (Wildman–Crippen MR) is 59.8 cm³/mol. The number of nitrogens with zero attached hydrogens (tertiary/aromatic N) is 3. The Hall–Kier alpha value is -1.84. The lowest BCUT2D eigenvalue weighted by Crippen LogP contribution is -2.04. The summed E-state index contributed by atoms with van der Waals surface area (Å²) >= 11 is 0. The Labute approximate surface area is 89.0 Å². The highest BCUT2D eigenvalue weighted by Crippen LogP contribution is 2.12. The van der Waals surface area contributed by atoms with E-state index in [9.17, 15) is 0 Å². The zero-order valence-corrected chi connectivity index (χ0v) is 8.94. The third kappa shape index (κ3) is 2.15. The molecule has 0 bridgehead atoms. The van der Waals surface area contributed by atoms with Crippen molar-refractivity contribution in [2.45, 2.75) is 13.5 Å². The fourth-order valence-corrected chi connectivity index (χ4v) is 1.52. The van der Waals surface area contributed by atoms with Crippen LogP contribution >= 0.6 is 0 Å². The zero-order valence-electron chi connectivity index (χ0n) is 8.94. The second-order valence-electron chi connectivity index (χ2n) is 3.48. The molecule has 0 saturated heterocycles. The van der Waals surface area contributed by atoms with Gasteiger partial charge in [-0.25, -0.2) is 4.98 Å². The van der Waals surface area contributed by atoms with Crippen LogP contribution in [0.5, 0.6) is 0 Å². The summed E-state index contributed by atoms with van der Waals surface area (Å²) in [5, 5.41) is 7.32. The van der Waals surface area contributed by atoms with Crippen LogP contribution in [0.4, 0.5) is 5.82 Å². The highest BCUT2D eigenvalue weighted by molar-refractivity contribution is 5.42.